The van der Waals surface area contributed by atoms with Gasteiger partial charge in [-0.1, -0.05) is 25.1 Å². The number of aromatic amines is 1. The highest BCUT2D eigenvalue weighted by molar-refractivity contribution is 6.08. The SMILES string of the molecule is CCC1Cc2ccccc2N1C(=O)c1cnn(-c2nc(C)cc(=O)[nH]2)c1C. The zero-order chi connectivity index (χ0) is 19.1. The van der Waals surface area contributed by atoms with Gasteiger partial charge in [0.2, 0.25) is 5.95 Å². The van der Waals surface area contributed by atoms with Crippen molar-refractivity contribution in [3.8, 4) is 5.95 Å². The second-order valence-corrected chi connectivity index (χ2v) is 6.84. The van der Waals surface area contributed by atoms with Crippen molar-refractivity contribution in [3.63, 3.8) is 0 Å². The van der Waals surface area contributed by atoms with E-state index in [1.54, 1.807) is 13.1 Å². The third-order valence-electron chi connectivity index (χ3n) is 5.06. The lowest BCUT2D eigenvalue weighted by Gasteiger charge is -2.24. The third-order valence-corrected chi connectivity index (χ3v) is 5.06. The number of para-hydroxylation sites is 1. The van der Waals surface area contributed by atoms with Crippen molar-refractivity contribution in [2.75, 3.05) is 4.90 Å². The van der Waals surface area contributed by atoms with E-state index < -0.39 is 0 Å². The average Bonchev–Trinajstić information content (AvgIpc) is 3.20. The van der Waals surface area contributed by atoms with Crippen molar-refractivity contribution in [1.82, 2.24) is 19.7 Å². The number of H-pyrrole nitrogens is 1. The number of amides is 1. The van der Waals surface area contributed by atoms with E-state index in [4.69, 9.17) is 0 Å². The number of anilines is 1. The Kier molecular flexibility index (Phi) is 4.14. The highest BCUT2D eigenvalue weighted by atomic mass is 16.2. The first-order chi connectivity index (χ1) is 13.0. The summed E-state index contributed by atoms with van der Waals surface area (Å²) in [7, 11) is 0. The van der Waals surface area contributed by atoms with Gasteiger partial charge in [-0.15, -0.1) is 0 Å². The monoisotopic (exact) mass is 363 g/mol. The Morgan fingerprint density at radius 3 is 2.81 bits per heavy atom. The number of rotatable bonds is 3. The van der Waals surface area contributed by atoms with Crippen LogP contribution in [0.5, 0.6) is 0 Å². The number of hydrogen-bond donors (Lipinski definition) is 1. The molecule has 0 saturated carbocycles. The molecule has 1 N–H and O–H groups in total. The fraction of sp³-hybridized carbons (Fsp3) is 0.300. The van der Waals surface area contributed by atoms with Gasteiger partial charge in [0, 0.05) is 23.5 Å². The summed E-state index contributed by atoms with van der Waals surface area (Å²) in [6, 6.07) is 9.57. The maximum Gasteiger partial charge on any atom is 0.262 e. The molecule has 7 nitrogen and oxygen atoms in total. The van der Waals surface area contributed by atoms with Crippen molar-refractivity contribution in [1.29, 1.82) is 0 Å². The van der Waals surface area contributed by atoms with E-state index >= 15 is 0 Å². The fourth-order valence-electron chi connectivity index (χ4n) is 3.69. The number of nitrogens with one attached hydrogen (secondary N) is 1. The molecule has 0 aliphatic carbocycles. The Labute approximate surface area is 156 Å². The average molecular weight is 363 g/mol. The summed E-state index contributed by atoms with van der Waals surface area (Å²) >= 11 is 0. The van der Waals surface area contributed by atoms with E-state index in [0.717, 1.165) is 18.5 Å². The number of benzene rings is 1. The van der Waals surface area contributed by atoms with Crippen LogP contribution >= 0.6 is 0 Å². The van der Waals surface area contributed by atoms with Crippen molar-refractivity contribution < 1.29 is 4.79 Å². The van der Waals surface area contributed by atoms with Crippen LogP contribution in [-0.2, 0) is 6.42 Å². The summed E-state index contributed by atoms with van der Waals surface area (Å²) in [5.74, 6) is 0.232. The van der Waals surface area contributed by atoms with Crippen LogP contribution in [0, 0.1) is 13.8 Å². The second-order valence-electron chi connectivity index (χ2n) is 6.84. The van der Waals surface area contributed by atoms with Gasteiger partial charge in [-0.2, -0.15) is 5.10 Å². The first-order valence-corrected chi connectivity index (χ1v) is 9.04. The lowest BCUT2D eigenvalue weighted by molar-refractivity contribution is 0.0978. The molecule has 0 fully saturated rings. The highest BCUT2D eigenvalue weighted by Crippen LogP contribution is 2.34. The van der Waals surface area contributed by atoms with Gasteiger partial charge in [-0.05, 0) is 38.3 Å². The molecule has 0 radical (unpaired) electrons. The standard InChI is InChI=1S/C20H21N5O2/c1-4-15-10-14-7-5-6-8-17(14)24(15)19(27)16-11-21-25(13(16)3)20-22-12(2)9-18(26)23-20/h5-9,11,15H,4,10H2,1-3H3,(H,22,23,26). The molecule has 0 saturated heterocycles. The van der Waals surface area contributed by atoms with Crippen molar-refractivity contribution >= 4 is 11.6 Å². The van der Waals surface area contributed by atoms with Crippen LogP contribution < -0.4 is 10.5 Å². The van der Waals surface area contributed by atoms with Gasteiger partial charge in [-0.3, -0.25) is 14.6 Å². The van der Waals surface area contributed by atoms with Gasteiger partial charge < -0.3 is 4.90 Å². The molecular weight excluding hydrogens is 342 g/mol. The van der Waals surface area contributed by atoms with Crippen LogP contribution in [0.1, 0.15) is 40.7 Å². The maximum absolute atomic E-state index is 13.4. The molecule has 0 spiro atoms. The summed E-state index contributed by atoms with van der Waals surface area (Å²) in [5, 5.41) is 4.30. The first kappa shape index (κ1) is 17.2. The number of aromatic nitrogens is 4. The summed E-state index contributed by atoms with van der Waals surface area (Å²) in [4.78, 5) is 34.0. The second kappa shape index (κ2) is 6.50. The van der Waals surface area contributed by atoms with Gasteiger partial charge in [0.05, 0.1) is 17.5 Å². The van der Waals surface area contributed by atoms with E-state index in [9.17, 15) is 9.59 Å². The van der Waals surface area contributed by atoms with E-state index in [1.165, 1.54) is 16.3 Å². The number of hydrogen-bond acceptors (Lipinski definition) is 4. The molecule has 0 bridgehead atoms. The van der Waals surface area contributed by atoms with Crippen LogP contribution in [0.4, 0.5) is 5.69 Å². The minimum atomic E-state index is -0.250. The van der Waals surface area contributed by atoms with Crippen LogP contribution in [0.25, 0.3) is 5.95 Å². The molecule has 1 unspecified atom stereocenters. The van der Waals surface area contributed by atoms with Gasteiger partial charge in [0.1, 0.15) is 0 Å². The predicted octanol–water partition coefficient (Wildman–Crippen LogP) is 2.55. The summed E-state index contributed by atoms with van der Waals surface area (Å²) in [6.07, 6.45) is 3.28. The molecule has 138 valence electrons. The lowest BCUT2D eigenvalue weighted by Crippen LogP contribution is -2.37. The Morgan fingerprint density at radius 2 is 2.07 bits per heavy atom. The number of carbonyl (C=O) groups excluding carboxylic acids is 1. The molecule has 1 aliphatic heterocycles. The zero-order valence-corrected chi connectivity index (χ0v) is 15.6. The molecule has 1 amide bonds. The molecule has 1 aliphatic rings. The van der Waals surface area contributed by atoms with Gasteiger partial charge in [0.15, 0.2) is 0 Å². The van der Waals surface area contributed by atoms with Crippen LogP contribution in [0.15, 0.2) is 41.3 Å². The van der Waals surface area contributed by atoms with Crippen LogP contribution in [-0.4, -0.2) is 31.7 Å². The zero-order valence-electron chi connectivity index (χ0n) is 15.6. The predicted molar refractivity (Wildman–Crippen MR) is 102 cm³/mol. The molecule has 1 aromatic carbocycles. The minimum Gasteiger partial charge on any atom is -0.305 e. The fourth-order valence-corrected chi connectivity index (χ4v) is 3.69. The smallest absolute Gasteiger partial charge is 0.262 e. The van der Waals surface area contributed by atoms with Crippen molar-refractivity contribution in [2.45, 2.75) is 39.7 Å². The molecule has 2 aromatic heterocycles. The highest BCUT2D eigenvalue weighted by Gasteiger charge is 2.34. The topological polar surface area (TPSA) is 83.9 Å². The Morgan fingerprint density at radius 1 is 1.30 bits per heavy atom. The normalized spacial score (nSPS) is 15.8. The van der Waals surface area contributed by atoms with E-state index in [1.807, 2.05) is 30.0 Å². The van der Waals surface area contributed by atoms with E-state index in [-0.39, 0.29) is 17.5 Å². The quantitative estimate of drug-likeness (QED) is 0.775. The molecule has 3 heterocycles. The molecule has 1 atom stereocenters. The number of aryl methyl sites for hydroxylation is 1. The van der Waals surface area contributed by atoms with Gasteiger partial charge in [0.25, 0.3) is 11.5 Å². The summed E-state index contributed by atoms with van der Waals surface area (Å²) < 4.78 is 1.50. The van der Waals surface area contributed by atoms with Gasteiger partial charge in [-0.25, -0.2) is 9.67 Å². The van der Waals surface area contributed by atoms with E-state index in [0.29, 0.717) is 22.9 Å². The van der Waals surface area contributed by atoms with Gasteiger partial charge >= 0.3 is 0 Å². The molecule has 7 heteroatoms. The molecule has 4 rings (SSSR count). The largest absolute Gasteiger partial charge is 0.305 e. The molecular formula is C20H21N5O2. The van der Waals surface area contributed by atoms with E-state index in [2.05, 4.69) is 28.1 Å². The Bertz CT molecular complexity index is 1080. The van der Waals surface area contributed by atoms with Crippen LogP contribution in [0.3, 0.4) is 0 Å². The Balaban J connectivity index is 1.75. The lowest BCUT2D eigenvalue weighted by atomic mass is 10.1. The molecule has 27 heavy (non-hydrogen) atoms. The summed E-state index contributed by atoms with van der Waals surface area (Å²) in [5.41, 5.74) is 3.65. The van der Waals surface area contributed by atoms with Crippen molar-refractivity contribution in [2.24, 2.45) is 0 Å². The Hall–Kier alpha value is -3.22. The number of fused-ring (bicyclic) bond motifs is 1. The first-order valence-electron chi connectivity index (χ1n) is 9.04. The number of nitrogens with zero attached hydrogens (tertiary/aromatic N) is 4. The van der Waals surface area contributed by atoms with Crippen molar-refractivity contribution in [3.05, 3.63) is 69.4 Å². The van der Waals surface area contributed by atoms with Crippen LogP contribution in [0.2, 0.25) is 0 Å². The number of carbonyl (C=O) groups is 1. The molecule has 3 aromatic rings. The maximum atomic E-state index is 13.4. The summed E-state index contributed by atoms with van der Waals surface area (Å²) in [6.45, 7) is 5.65. The third kappa shape index (κ3) is 2.85. The minimum absolute atomic E-state index is 0.0782.